The molecule has 0 saturated heterocycles. The molecule has 0 aliphatic heterocycles. The topological polar surface area (TPSA) is 49.4 Å². The van der Waals surface area contributed by atoms with Crippen LogP contribution in [-0.4, -0.2) is 23.3 Å². The predicted octanol–water partition coefficient (Wildman–Crippen LogP) is 3.71. The van der Waals surface area contributed by atoms with Crippen LogP contribution in [0.3, 0.4) is 0 Å². The Labute approximate surface area is 155 Å². The van der Waals surface area contributed by atoms with E-state index in [1.165, 1.54) is 0 Å². The highest BCUT2D eigenvalue weighted by Gasteiger charge is 2.32. The molecule has 4 nitrogen and oxygen atoms in total. The molecule has 136 valence electrons. The fourth-order valence-electron chi connectivity index (χ4n) is 2.79. The summed E-state index contributed by atoms with van der Waals surface area (Å²) < 4.78 is 0. The molecule has 1 N–H and O–H groups in total. The van der Waals surface area contributed by atoms with Crippen LogP contribution < -0.4 is 5.32 Å². The molecule has 0 heterocycles. The van der Waals surface area contributed by atoms with Crippen molar-refractivity contribution in [3.8, 4) is 0 Å². The first-order valence-electron chi connectivity index (χ1n) is 8.82. The summed E-state index contributed by atoms with van der Waals surface area (Å²) in [6.45, 7) is 8.08. The van der Waals surface area contributed by atoms with Gasteiger partial charge in [0, 0.05) is 19.0 Å². The third-order valence-corrected chi connectivity index (χ3v) is 4.07. The first-order chi connectivity index (χ1) is 12.5. The maximum Gasteiger partial charge on any atom is 0.247 e. The highest BCUT2D eigenvalue weighted by Crippen LogP contribution is 2.25. The van der Waals surface area contributed by atoms with Crippen LogP contribution in [0, 0.1) is 5.92 Å². The molecule has 0 aromatic heterocycles. The number of nitrogens with one attached hydrogen (secondary N) is 1. The van der Waals surface area contributed by atoms with Gasteiger partial charge in [0.2, 0.25) is 11.8 Å². The Hall–Kier alpha value is -2.88. The quantitative estimate of drug-likeness (QED) is 0.738. The molecule has 0 bridgehead atoms. The summed E-state index contributed by atoms with van der Waals surface area (Å²) in [6, 6.07) is 18.4. The highest BCUT2D eigenvalue weighted by atomic mass is 16.2. The molecular weight excluding hydrogens is 324 g/mol. The van der Waals surface area contributed by atoms with Gasteiger partial charge >= 0.3 is 0 Å². The van der Waals surface area contributed by atoms with Crippen molar-refractivity contribution in [1.82, 2.24) is 10.2 Å². The molecule has 2 rings (SSSR count). The zero-order valence-corrected chi connectivity index (χ0v) is 15.4. The summed E-state index contributed by atoms with van der Waals surface area (Å²) >= 11 is 0. The second kappa shape index (κ2) is 9.56. The van der Waals surface area contributed by atoms with E-state index in [-0.39, 0.29) is 17.7 Å². The Balaban J connectivity index is 2.44. The van der Waals surface area contributed by atoms with Crippen LogP contribution in [0.25, 0.3) is 0 Å². The zero-order valence-electron chi connectivity index (χ0n) is 15.4. The molecule has 0 aliphatic rings. The largest absolute Gasteiger partial charge is 0.351 e. The van der Waals surface area contributed by atoms with Crippen molar-refractivity contribution in [2.24, 2.45) is 5.92 Å². The molecule has 0 radical (unpaired) electrons. The molecular formula is C22H26N2O2. The van der Waals surface area contributed by atoms with Crippen LogP contribution in [0.2, 0.25) is 0 Å². The molecule has 1 atom stereocenters. The Morgan fingerprint density at radius 2 is 1.62 bits per heavy atom. The van der Waals surface area contributed by atoms with Crippen molar-refractivity contribution in [3.63, 3.8) is 0 Å². The van der Waals surface area contributed by atoms with E-state index >= 15 is 0 Å². The van der Waals surface area contributed by atoms with E-state index in [9.17, 15) is 9.59 Å². The lowest BCUT2D eigenvalue weighted by Gasteiger charge is -2.32. The molecule has 0 saturated carbocycles. The van der Waals surface area contributed by atoms with E-state index in [1.54, 1.807) is 11.0 Å². The van der Waals surface area contributed by atoms with Crippen molar-refractivity contribution in [2.75, 3.05) is 6.54 Å². The standard InChI is InChI=1S/C22H26N2O2/c1-4-15-23-21(25)20(19-13-9-6-10-14-19)24(22(26)17(2)3)16-18-11-7-5-8-12-18/h4-14,17,20H,1,15-16H2,2-3H3,(H,23,25). The van der Waals surface area contributed by atoms with Crippen molar-refractivity contribution in [3.05, 3.63) is 84.4 Å². The van der Waals surface area contributed by atoms with Gasteiger partial charge in [-0.25, -0.2) is 0 Å². The van der Waals surface area contributed by atoms with Gasteiger partial charge < -0.3 is 10.2 Å². The number of carbonyl (C=O) groups is 2. The van der Waals surface area contributed by atoms with Gasteiger partial charge in [-0.3, -0.25) is 9.59 Å². The minimum absolute atomic E-state index is 0.0588. The number of nitrogens with zero attached hydrogens (tertiary/aromatic N) is 1. The van der Waals surface area contributed by atoms with Crippen molar-refractivity contribution >= 4 is 11.8 Å². The molecule has 2 aromatic carbocycles. The minimum atomic E-state index is -0.689. The van der Waals surface area contributed by atoms with Crippen LogP contribution in [-0.2, 0) is 16.1 Å². The van der Waals surface area contributed by atoms with E-state index in [1.807, 2.05) is 74.5 Å². The van der Waals surface area contributed by atoms with E-state index in [0.29, 0.717) is 13.1 Å². The Morgan fingerprint density at radius 3 is 2.15 bits per heavy atom. The normalized spacial score (nSPS) is 11.7. The lowest BCUT2D eigenvalue weighted by atomic mass is 10.0. The highest BCUT2D eigenvalue weighted by molar-refractivity contribution is 5.89. The molecule has 0 aliphatic carbocycles. The lowest BCUT2D eigenvalue weighted by molar-refractivity contribution is -0.144. The van der Waals surface area contributed by atoms with E-state index < -0.39 is 6.04 Å². The summed E-state index contributed by atoms with van der Waals surface area (Å²) in [6.07, 6.45) is 1.63. The smallest absolute Gasteiger partial charge is 0.247 e. The molecule has 2 aromatic rings. The maximum absolute atomic E-state index is 13.0. The summed E-state index contributed by atoms with van der Waals surface area (Å²) in [4.78, 5) is 27.5. The summed E-state index contributed by atoms with van der Waals surface area (Å²) in [5.74, 6) is -0.477. The maximum atomic E-state index is 13.0. The summed E-state index contributed by atoms with van der Waals surface area (Å²) in [7, 11) is 0. The Bertz CT molecular complexity index is 726. The van der Waals surface area contributed by atoms with Crippen molar-refractivity contribution < 1.29 is 9.59 Å². The number of amides is 2. The van der Waals surface area contributed by atoms with Gasteiger partial charge in [-0.15, -0.1) is 6.58 Å². The molecule has 0 fully saturated rings. The Morgan fingerprint density at radius 1 is 1.04 bits per heavy atom. The fourth-order valence-corrected chi connectivity index (χ4v) is 2.79. The fraction of sp³-hybridized carbons (Fsp3) is 0.273. The van der Waals surface area contributed by atoms with Gasteiger partial charge in [0.05, 0.1) is 0 Å². The van der Waals surface area contributed by atoms with Crippen molar-refractivity contribution in [1.29, 1.82) is 0 Å². The summed E-state index contributed by atoms with van der Waals surface area (Å²) in [5, 5.41) is 2.84. The number of hydrogen-bond acceptors (Lipinski definition) is 2. The van der Waals surface area contributed by atoms with Gasteiger partial charge in [-0.1, -0.05) is 80.6 Å². The molecule has 2 amide bonds. The average molecular weight is 350 g/mol. The predicted molar refractivity (Wildman–Crippen MR) is 104 cm³/mol. The van der Waals surface area contributed by atoms with Crippen molar-refractivity contribution in [2.45, 2.75) is 26.4 Å². The third-order valence-electron chi connectivity index (χ3n) is 4.07. The number of carbonyl (C=O) groups excluding carboxylic acids is 2. The van der Waals surface area contributed by atoms with Gasteiger partial charge in [0.1, 0.15) is 6.04 Å². The Kier molecular flexibility index (Phi) is 7.15. The first-order valence-corrected chi connectivity index (χ1v) is 8.82. The number of hydrogen-bond donors (Lipinski definition) is 1. The minimum Gasteiger partial charge on any atom is -0.351 e. The van der Waals surface area contributed by atoms with Crippen LogP contribution in [0.15, 0.2) is 73.3 Å². The second-order valence-electron chi connectivity index (χ2n) is 6.45. The average Bonchev–Trinajstić information content (AvgIpc) is 2.66. The first kappa shape index (κ1) is 19.4. The van der Waals surface area contributed by atoms with Gasteiger partial charge in [-0.05, 0) is 11.1 Å². The number of benzene rings is 2. The third kappa shape index (κ3) is 5.06. The van der Waals surface area contributed by atoms with E-state index in [2.05, 4.69) is 11.9 Å². The zero-order chi connectivity index (χ0) is 18.9. The summed E-state index contributed by atoms with van der Waals surface area (Å²) in [5.41, 5.74) is 1.78. The van der Waals surface area contributed by atoms with E-state index in [0.717, 1.165) is 11.1 Å². The molecule has 26 heavy (non-hydrogen) atoms. The van der Waals surface area contributed by atoms with Gasteiger partial charge in [0.15, 0.2) is 0 Å². The molecule has 0 spiro atoms. The number of rotatable bonds is 8. The van der Waals surface area contributed by atoms with Crippen LogP contribution in [0.4, 0.5) is 0 Å². The van der Waals surface area contributed by atoms with Crippen LogP contribution >= 0.6 is 0 Å². The SMILES string of the molecule is C=CCNC(=O)C(c1ccccc1)N(Cc1ccccc1)C(=O)C(C)C. The molecule has 1 unspecified atom stereocenters. The van der Waals surface area contributed by atoms with Crippen LogP contribution in [0.1, 0.15) is 31.0 Å². The molecule has 4 heteroatoms. The van der Waals surface area contributed by atoms with Gasteiger partial charge in [-0.2, -0.15) is 0 Å². The monoisotopic (exact) mass is 350 g/mol. The van der Waals surface area contributed by atoms with Crippen LogP contribution in [0.5, 0.6) is 0 Å². The lowest BCUT2D eigenvalue weighted by Crippen LogP contribution is -2.44. The van der Waals surface area contributed by atoms with Gasteiger partial charge in [0.25, 0.3) is 0 Å². The van der Waals surface area contributed by atoms with E-state index in [4.69, 9.17) is 0 Å². The second-order valence-corrected chi connectivity index (χ2v) is 6.45.